The molecule has 1 rings (SSSR count). The van der Waals surface area contributed by atoms with Crippen LogP contribution in [0, 0.1) is 5.41 Å². The highest BCUT2D eigenvalue weighted by atomic mass is 16.4. The Hall–Kier alpha value is -1.79. The van der Waals surface area contributed by atoms with Crippen LogP contribution in [0.25, 0.3) is 0 Å². The Morgan fingerprint density at radius 3 is 2.25 bits per heavy atom. The molecule has 1 saturated heterocycles. The van der Waals surface area contributed by atoms with Crippen molar-refractivity contribution in [1.82, 2.24) is 15.5 Å². The third kappa shape index (κ3) is 3.40. The van der Waals surface area contributed by atoms with Gasteiger partial charge in [-0.3, -0.25) is 9.59 Å². The van der Waals surface area contributed by atoms with Gasteiger partial charge < -0.3 is 20.6 Å². The van der Waals surface area contributed by atoms with E-state index in [1.807, 2.05) is 6.92 Å². The highest BCUT2D eigenvalue weighted by Gasteiger charge is 2.40. The predicted molar refractivity (Wildman–Crippen MR) is 73.2 cm³/mol. The molecule has 1 aliphatic rings. The number of hydrogen-bond donors (Lipinski definition) is 3. The highest BCUT2D eigenvalue weighted by Crippen LogP contribution is 2.35. The number of hydrogen-bond acceptors (Lipinski definition) is 3. The van der Waals surface area contributed by atoms with Gasteiger partial charge in [0.1, 0.15) is 6.04 Å². The first-order chi connectivity index (χ1) is 9.36. The molecule has 0 saturated carbocycles. The number of carboxylic acids is 1. The number of likely N-dealkylation sites (tertiary alicyclic amines) is 1. The van der Waals surface area contributed by atoms with Gasteiger partial charge in [-0.1, -0.05) is 6.92 Å². The van der Waals surface area contributed by atoms with Crippen molar-refractivity contribution in [2.24, 2.45) is 5.41 Å². The van der Waals surface area contributed by atoms with Crippen LogP contribution in [0.1, 0.15) is 33.1 Å². The minimum atomic E-state index is -0.793. The van der Waals surface area contributed by atoms with Crippen LogP contribution in [0.4, 0.5) is 4.79 Å². The molecule has 7 nitrogen and oxygen atoms in total. The number of amides is 3. The largest absolute Gasteiger partial charge is 0.481 e. The number of nitrogens with one attached hydrogen (secondary N) is 2. The van der Waals surface area contributed by atoms with Gasteiger partial charge in [-0.2, -0.15) is 0 Å². The van der Waals surface area contributed by atoms with E-state index in [9.17, 15) is 19.5 Å². The minimum Gasteiger partial charge on any atom is -0.481 e. The van der Waals surface area contributed by atoms with Gasteiger partial charge in [0.2, 0.25) is 5.91 Å². The summed E-state index contributed by atoms with van der Waals surface area (Å²) in [5.41, 5.74) is -0.719. The lowest BCUT2D eigenvalue weighted by Gasteiger charge is -2.38. The van der Waals surface area contributed by atoms with E-state index in [0.29, 0.717) is 32.4 Å². The van der Waals surface area contributed by atoms with Crippen LogP contribution < -0.4 is 10.6 Å². The fourth-order valence-electron chi connectivity index (χ4n) is 2.42. The standard InChI is InChI=1S/C13H23N3O4/c1-4-13(11(18)19)5-7-16(8-6-13)12(20)15-9(2)10(17)14-3/h9H,4-8H2,1-3H3,(H,14,17)(H,15,20)(H,18,19). The van der Waals surface area contributed by atoms with Gasteiger partial charge >= 0.3 is 12.0 Å². The van der Waals surface area contributed by atoms with Crippen LogP contribution in [0.3, 0.4) is 0 Å². The summed E-state index contributed by atoms with van der Waals surface area (Å²) in [7, 11) is 1.51. The van der Waals surface area contributed by atoms with Crippen molar-refractivity contribution >= 4 is 17.9 Å². The van der Waals surface area contributed by atoms with Gasteiger partial charge in [0.15, 0.2) is 0 Å². The van der Waals surface area contributed by atoms with Gasteiger partial charge in [0.05, 0.1) is 5.41 Å². The van der Waals surface area contributed by atoms with E-state index in [0.717, 1.165) is 0 Å². The zero-order valence-corrected chi connectivity index (χ0v) is 12.2. The molecule has 3 amide bonds. The summed E-state index contributed by atoms with van der Waals surface area (Å²) >= 11 is 0. The molecule has 114 valence electrons. The average molecular weight is 285 g/mol. The number of carbonyl (C=O) groups is 3. The maximum Gasteiger partial charge on any atom is 0.318 e. The van der Waals surface area contributed by atoms with Crippen molar-refractivity contribution in [2.45, 2.75) is 39.2 Å². The molecule has 7 heteroatoms. The van der Waals surface area contributed by atoms with E-state index in [-0.39, 0.29) is 11.9 Å². The molecule has 1 unspecified atom stereocenters. The summed E-state index contributed by atoms with van der Waals surface area (Å²) in [6.45, 7) is 4.25. The Morgan fingerprint density at radius 2 is 1.85 bits per heavy atom. The molecule has 20 heavy (non-hydrogen) atoms. The number of rotatable bonds is 4. The van der Waals surface area contributed by atoms with Crippen LogP contribution in [-0.4, -0.2) is 54.1 Å². The topological polar surface area (TPSA) is 98.7 Å². The van der Waals surface area contributed by atoms with E-state index >= 15 is 0 Å². The summed E-state index contributed by atoms with van der Waals surface area (Å²) in [6.07, 6.45) is 1.45. The molecular formula is C13H23N3O4. The number of aliphatic carboxylic acids is 1. The fraction of sp³-hybridized carbons (Fsp3) is 0.769. The Bertz CT molecular complexity index is 389. The molecule has 0 aliphatic carbocycles. The molecule has 1 atom stereocenters. The maximum absolute atomic E-state index is 12.0. The Morgan fingerprint density at radius 1 is 1.30 bits per heavy atom. The van der Waals surface area contributed by atoms with E-state index in [2.05, 4.69) is 10.6 Å². The van der Waals surface area contributed by atoms with Crippen molar-refractivity contribution in [3.63, 3.8) is 0 Å². The summed E-state index contributed by atoms with van der Waals surface area (Å²) in [6, 6.07) is -0.930. The van der Waals surface area contributed by atoms with Crippen LogP contribution in [0.2, 0.25) is 0 Å². The quantitative estimate of drug-likeness (QED) is 0.696. The molecule has 0 aromatic rings. The fourth-order valence-corrected chi connectivity index (χ4v) is 2.42. The highest BCUT2D eigenvalue weighted by molar-refractivity contribution is 5.86. The average Bonchev–Trinajstić information content (AvgIpc) is 2.45. The Labute approximate surface area is 118 Å². The number of piperidine rings is 1. The summed E-state index contributed by atoms with van der Waals surface area (Å²) in [4.78, 5) is 36.2. The van der Waals surface area contributed by atoms with E-state index in [1.54, 1.807) is 11.8 Å². The molecule has 0 radical (unpaired) electrons. The monoisotopic (exact) mass is 285 g/mol. The summed E-state index contributed by atoms with van der Waals surface area (Å²) in [5, 5.41) is 14.4. The second-order valence-corrected chi connectivity index (χ2v) is 5.21. The first-order valence-corrected chi connectivity index (χ1v) is 6.86. The Kier molecular flexibility index (Phi) is 5.35. The predicted octanol–water partition coefficient (Wildman–Crippen LogP) is 0.407. The lowest BCUT2D eigenvalue weighted by atomic mass is 9.76. The van der Waals surface area contributed by atoms with Crippen LogP contribution in [-0.2, 0) is 9.59 Å². The SMILES string of the molecule is CCC1(C(=O)O)CCN(C(=O)NC(C)C(=O)NC)CC1. The Balaban J connectivity index is 2.55. The molecule has 0 bridgehead atoms. The molecule has 0 aromatic heterocycles. The van der Waals surface area contributed by atoms with Gasteiger partial charge in [-0.05, 0) is 26.2 Å². The van der Waals surface area contributed by atoms with Crippen molar-refractivity contribution < 1.29 is 19.5 Å². The third-order valence-electron chi connectivity index (χ3n) is 4.12. The normalized spacial score (nSPS) is 19.1. The van der Waals surface area contributed by atoms with Gasteiger partial charge in [0.25, 0.3) is 0 Å². The lowest BCUT2D eigenvalue weighted by molar-refractivity contribution is -0.151. The molecule has 1 fully saturated rings. The van der Waals surface area contributed by atoms with Crippen molar-refractivity contribution in [2.75, 3.05) is 20.1 Å². The lowest BCUT2D eigenvalue weighted by Crippen LogP contribution is -2.53. The van der Waals surface area contributed by atoms with Gasteiger partial charge in [-0.25, -0.2) is 4.79 Å². The van der Waals surface area contributed by atoms with Crippen LogP contribution in [0.5, 0.6) is 0 Å². The zero-order valence-electron chi connectivity index (χ0n) is 12.2. The number of urea groups is 1. The van der Waals surface area contributed by atoms with E-state index < -0.39 is 17.4 Å². The van der Waals surface area contributed by atoms with E-state index in [4.69, 9.17) is 0 Å². The first kappa shape index (κ1) is 16.3. The number of carboxylic acid groups (broad SMARTS) is 1. The van der Waals surface area contributed by atoms with Crippen molar-refractivity contribution in [3.05, 3.63) is 0 Å². The first-order valence-electron chi connectivity index (χ1n) is 6.86. The zero-order chi connectivity index (χ0) is 15.3. The molecule has 1 aliphatic heterocycles. The number of nitrogens with zero attached hydrogens (tertiary/aromatic N) is 1. The van der Waals surface area contributed by atoms with Crippen LogP contribution in [0.15, 0.2) is 0 Å². The smallest absolute Gasteiger partial charge is 0.318 e. The van der Waals surface area contributed by atoms with Crippen LogP contribution >= 0.6 is 0 Å². The number of carbonyl (C=O) groups excluding carboxylic acids is 2. The second kappa shape index (κ2) is 6.58. The molecular weight excluding hydrogens is 262 g/mol. The number of likely N-dealkylation sites (N-methyl/N-ethyl adjacent to an activating group) is 1. The third-order valence-corrected chi connectivity index (χ3v) is 4.12. The molecule has 0 aromatic carbocycles. The second-order valence-electron chi connectivity index (χ2n) is 5.21. The minimum absolute atomic E-state index is 0.260. The van der Waals surface area contributed by atoms with Gasteiger partial charge in [0, 0.05) is 20.1 Å². The molecule has 1 heterocycles. The van der Waals surface area contributed by atoms with Crippen molar-refractivity contribution in [1.29, 1.82) is 0 Å². The summed E-state index contributed by atoms with van der Waals surface area (Å²) in [5.74, 6) is -1.05. The van der Waals surface area contributed by atoms with E-state index in [1.165, 1.54) is 7.05 Å². The van der Waals surface area contributed by atoms with Gasteiger partial charge in [-0.15, -0.1) is 0 Å². The molecule has 3 N–H and O–H groups in total. The maximum atomic E-state index is 12.0. The summed E-state index contributed by atoms with van der Waals surface area (Å²) < 4.78 is 0. The van der Waals surface area contributed by atoms with Crippen molar-refractivity contribution in [3.8, 4) is 0 Å². The molecule has 0 spiro atoms.